The van der Waals surface area contributed by atoms with Crippen LogP contribution in [-0.4, -0.2) is 0 Å². The summed E-state index contributed by atoms with van der Waals surface area (Å²) in [7, 11) is 0. The molecule has 0 spiro atoms. The minimum absolute atomic E-state index is 0.333. The van der Waals surface area contributed by atoms with Crippen molar-refractivity contribution in [2.24, 2.45) is 0 Å². The number of rotatable bonds is 2. The molecule has 0 bridgehead atoms. The molecule has 0 aliphatic heterocycles. The normalized spacial score (nSPS) is 11.5. The Morgan fingerprint density at radius 2 is 1.57 bits per heavy atom. The molecule has 3 aromatic carbocycles. The highest BCUT2D eigenvalue weighted by Gasteiger charge is 2.07. The van der Waals surface area contributed by atoms with E-state index >= 15 is 0 Å². The van der Waals surface area contributed by atoms with Gasteiger partial charge in [-0.25, -0.2) is 4.79 Å². The molecule has 0 unspecified atom stereocenters. The van der Waals surface area contributed by atoms with Gasteiger partial charge in [-0.2, -0.15) is 0 Å². The fourth-order valence-electron chi connectivity index (χ4n) is 2.85. The van der Waals surface area contributed by atoms with Crippen LogP contribution in [0.25, 0.3) is 33.9 Å². The summed E-state index contributed by atoms with van der Waals surface area (Å²) in [6, 6.07) is 23.5. The second-order valence-corrected chi connectivity index (χ2v) is 5.42. The number of benzene rings is 3. The van der Waals surface area contributed by atoms with E-state index in [9.17, 15) is 4.79 Å². The molecule has 0 amide bonds. The van der Waals surface area contributed by atoms with Crippen LogP contribution in [0.15, 0.2) is 82.0 Å². The third kappa shape index (κ3) is 2.55. The average molecular weight is 298 g/mol. The first-order valence-corrected chi connectivity index (χ1v) is 7.50. The van der Waals surface area contributed by atoms with Crippen molar-refractivity contribution < 1.29 is 4.42 Å². The second kappa shape index (κ2) is 5.58. The maximum atomic E-state index is 11.9. The van der Waals surface area contributed by atoms with Crippen LogP contribution in [-0.2, 0) is 0 Å². The molecule has 0 fully saturated rings. The van der Waals surface area contributed by atoms with Crippen LogP contribution in [0.1, 0.15) is 11.1 Å². The summed E-state index contributed by atoms with van der Waals surface area (Å²) in [5.41, 5.74) is 2.25. The molecule has 0 saturated carbocycles. The van der Waals surface area contributed by atoms with Crippen LogP contribution in [0.4, 0.5) is 0 Å². The predicted octanol–water partition coefficient (Wildman–Crippen LogP) is 5.12. The molecule has 1 aromatic heterocycles. The summed E-state index contributed by atoms with van der Waals surface area (Å²) < 4.78 is 5.37. The van der Waals surface area contributed by atoms with Crippen LogP contribution >= 0.6 is 0 Å². The zero-order valence-electron chi connectivity index (χ0n) is 12.4. The van der Waals surface area contributed by atoms with Crippen LogP contribution < -0.4 is 5.63 Å². The Kier molecular flexibility index (Phi) is 3.28. The van der Waals surface area contributed by atoms with Gasteiger partial charge in [0.05, 0.1) is 0 Å². The molecule has 23 heavy (non-hydrogen) atoms. The predicted molar refractivity (Wildman–Crippen MR) is 95.4 cm³/mol. The maximum absolute atomic E-state index is 11.9. The van der Waals surface area contributed by atoms with Gasteiger partial charge >= 0.3 is 5.63 Å². The number of hydrogen-bond acceptors (Lipinski definition) is 2. The lowest BCUT2D eigenvalue weighted by atomic mass is 10.0. The third-order valence-corrected chi connectivity index (χ3v) is 3.92. The molecule has 2 heteroatoms. The van der Waals surface area contributed by atoms with E-state index in [4.69, 9.17) is 4.42 Å². The Morgan fingerprint density at radius 1 is 0.783 bits per heavy atom. The highest BCUT2D eigenvalue weighted by Crippen LogP contribution is 2.28. The van der Waals surface area contributed by atoms with Gasteiger partial charge in [0.2, 0.25) is 0 Å². The Labute approximate surface area is 133 Å². The number of fused-ring (bicyclic) bond motifs is 3. The van der Waals surface area contributed by atoms with Gasteiger partial charge in [0.25, 0.3) is 0 Å². The Morgan fingerprint density at radius 3 is 2.43 bits per heavy atom. The topological polar surface area (TPSA) is 30.2 Å². The van der Waals surface area contributed by atoms with E-state index in [0.717, 1.165) is 27.3 Å². The first-order valence-electron chi connectivity index (χ1n) is 7.50. The first-order chi connectivity index (χ1) is 11.3. The fraction of sp³-hybridized carbons (Fsp3) is 0. The summed E-state index contributed by atoms with van der Waals surface area (Å²) in [6.07, 6.45) is 3.98. The monoisotopic (exact) mass is 298 g/mol. The molecule has 4 rings (SSSR count). The van der Waals surface area contributed by atoms with E-state index in [-0.39, 0.29) is 5.63 Å². The molecule has 2 nitrogen and oxygen atoms in total. The molecule has 1 heterocycles. The van der Waals surface area contributed by atoms with E-state index < -0.39 is 0 Å². The summed E-state index contributed by atoms with van der Waals surface area (Å²) in [5.74, 6) is 0. The van der Waals surface area contributed by atoms with Gasteiger partial charge in [-0.1, -0.05) is 72.8 Å². The summed E-state index contributed by atoms with van der Waals surface area (Å²) in [6.45, 7) is 0. The van der Waals surface area contributed by atoms with E-state index in [2.05, 4.69) is 12.1 Å². The van der Waals surface area contributed by atoms with Crippen molar-refractivity contribution in [3.8, 4) is 0 Å². The van der Waals surface area contributed by atoms with Crippen molar-refractivity contribution >= 4 is 33.9 Å². The maximum Gasteiger partial charge on any atom is 0.336 e. The van der Waals surface area contributed by atoms with Gasteiger partial charge in [-0.05, 0) is 28.0 Å². The molecular weight excluding hydrogens is 284 g/mol. The third-order valence-electron chi connectivity index (χ3n) is 3.92. The molecule has 0 N–H and O–H groups in total. The van der Waals surface area contributed by atoms with E-state index in [0.29, 0.717) is 5.58 Å². The van der Waals surface area contributed by atoms with Crippen molar-refractivity contribution in [3.05, 3.63) is 94.3 Å². The SMILES string of the molecule is O=c1cc(/C=C/c2ccccc2)c2c(ccc3ccccc32)o1. The van der Waals surface area contributed by atoms with Gasteiger partial charge < -0.3 is 4.42 Å². The molecular formula is C21H14O2. The Hall–Kier alpha value is -3.13. The standard InChI is InChI=1S/C21H14O2/c22-20-14-17(11-10-15-6-2-1-3-7-15)21-18-9-5-4-8-16(18)12-13-19(21)23-20/h1-14H/b11-10+. The minimum atomic E-state index is -0.333. The van der Waals surface area contributed by atoms with E-state index in [1.807, 2.05) is 66.7 Å². The summed E-state index contributed by atoms with van der Waals surface area (Å²) >= 11 is 0. The molecule has 0 radical (unpaired) electrons. The molecule has 0 aliphatic carbocycles. The lowest BCUT2D eigenvalue weighted by Crippen LogP contribution is -1.98. The lowest BCUT2D eigenvalue weighted by molar-refractivity contribution is 0.561. The lowest BCUT2D eigenvalue weighted by Gasteiger charge is -2.05. The van der Waals surface area contributed by atoms with Crippen LogP contribution in [0.3, 0.4) is 0 Å². The molecule has 110 valence electrons. The van der Waals surface area contributed by atoms with Gasteiger partial charge in [-0.3, -0.25) is 0 Å². The second-order valence-electron chi connectivity index (χ2n) is 5.42. The molecule has 0 aliphatic rings. The van der Waals surface area contributed by atoms with Crippen molar-refractivity contribution in [1.82, 2.24) is 0 Å². The highest BCUT2D eigenvalue weighted by atomic mass is 16.4. The first kappa shape index (κ1) is 13.5. The zero-order chi connectivity index (χ0) is 15.6. The van der Waals surface area contributed by atoms with Crippen molar-refractivity contribution in [2.75, 3.05) is 0 Å². The molecule has 0 saturated heterocycles. The number of hydrogen-bond donors (Lipinski definition) is 0. The largest absolute Gasteiger partial charge is 0.423 e. The fourth-order valence-corrected chi connectivity index (χ4v) is 2.85. The highest BCUT2D eigenvalue weighted by molar-refractivity contribution is 6.09. The Balaban J connectivity index is 1.99. The quantitative estimate of drug-likeness (QED) is 0.380. The average Bonchev–Trinajstić information content (AvgIpc) is 2.60. The van der Waals surface area contributed by atoms with Crippen molar-refractivity contribution in [2.45, 2.75) is 0 Å². The van der Waals surface area contributed by atoms with Crippen molar-refractivity contribution in [1.29, 1.82) is 0 Å². The van der Waals surface area contributed by atoms with E-state index in [1.165, 1.54) is 0 Å². The van der Waals surface area contributed by atoms with Crippen molar-refractivity contribution in [3.63, 3.8) is 0 Å². The van der Waals surface area contributed by atoms with Crippen LogP contribution in [0.2, 0.25) is 0 Å². The zero-order valence-corrected chi connectivity index (χ0v) is 12.4. The smallest absolute Gasteiger partial charge is 0.336 e. The Bertz CT molecular complexity index is 1070. The summed E-state index contributed by atoms with van der Waals surface area (Å²) in [5, 5.41) is 3.18. The van der Waals surface area contributed by atoms with Gasteiger partial charge in [-0.15, -0.1) is 0 Å². The minimum Gasteiger partial charge on any atom is -0.423 e. The van der Waals surface area contributed by atoms with Crippen LogP contribution in [0, 0.1) is 0 Å². The molecule has 0 atom stereocenters. The van der Waals surface area contributed by atoms with Gasteiger partial charge in [0.15, 0.2) is 0 Å². The van der Waals surface area contributed by atoms with Gasteiger partial charge in [0, 0.05) is 11.5 Å². The van der Waals surface area contributed by atoms with E-state index in [1.54, 1.807) is 6.07 Å². The van der Waals surface area contributed by atoms with Crippen LogP contribution in [0.5, 0.6) is 0 Å². The molecule has 4 aromatic rings. The summed E-state index contributed by atoms with van der Waals surface area (Å²) in [4.78, 5) is 11.9. The van der Waals surface area contributed by atoms with Gasteiger partial charge in [0.1, 0.15) is 5.58 Å².